The minimum atomic E-state index is -0.456. The number of phenolic OH excluding ortho intramolecular Hbond substituents is 1. The summed E-state index contributed by atoms with van der Waals surface area (Å²) in [5, 5.41) is 18.6. The standard InChI is InChI=1S/C11H13NO4/c13-6-9-7-16-11(15)12(9)5-8-3-1-2-4-10(8)14/h1-4,9,13-14H,5-7H2. The number of ether oxygens (including phenoxy) is 1. The molecule has 5 heteroatoms. The number of benzene rings is 1. The fourth-order valence-corrected chi connectivity index (χ4v) is 1.66. The number of aliphatic hydroxyl groups excluding tert-OH is 1. The highest BCUT2D eigenvalue weighted by molar-refractivity contribution is 5.70. The summed E-state index contributed by atoms with van der Waals surface area (Å²) in [6.45, 7) is 0.305. The Hall–Kier alpha value is -1.75. The van der Waals surface area contributed by atoms with E-state index < -0.39 is 6.09 Å². The first-order valence-corrected chi connectivity index (χ1v) is 5.03. The van der Waals surface area contributed by atoms with Gasteiger partial charge in [-0.15, -0.1) is 0 Å². The van der Waals surface area contributed by atoms with Crippen molar-refractivity contribution in [1.29, 1.82) is 0 Å². The van der Waals surface area contributed by atoms with Crippen LogP contribution in [-0.4, -0.2) is 40.5 Å². The van der Waals surface area contributed by atoms with Gasteiger partial charge in [-0.3, -0.25) is 4.90 Å². The summed E-state index contributed by atoms with van der Waals surface area (Å²) in [5.41, 5.74) is 0.639. The molecule has 0 aromatic heterocycles. The zero-order valence-corrected chi connectivity index (χ0v) is 8.67. The molecule has 0 spiro atoms. The number of aliphatic hydroxyl groups is 1. The lowest BCUT2D eigenvalue weighted by Gasteiger charge is -2.19. The second kappa shape index (κ2) is 4.40. The molecule has 1 unspecified atom stereocenters. The van der Waals surface area contributed by atoms with E-state index in [9.17, 15) is 9.90 Å². The molecule has 1 amide bonds. The maximum Gasteiger partial charge on any atom is 0.410 e. The third-order valence-electron chi connectivity index (χ3n) is 2.62. The SMILES string of the molecule is O=C1OCC(CO)N1Cc1ccccc1O. The van der Waals surface area contributed by atoms with Gasteiger partial charge in [0, 0.05) is 5.56 Å². The molecule has 16 heavy (non-hydrogen) atoms. The van der Waals surface area contributed by atoms with Crippen LogP contribution in [0.1, 0.15) is 5.56 Å². The number of phenols is 1. The minimum Gasteiger partial charge on any atom is -0.508 e. The van der Waals surface area contributed by atoms with E-state index in [2.05, 4.69) is 0 Å². The number of aromatic hydroxyl groups is 1. The van der Waals surface area contributed by atoms with Gasteiger partial charge in [0.15, 0.2) is 0 Å². The zero-order chi connectivity index (χ0) is 11.5. The van der Waals surface area contributed by atoms with Gasteiger partial charge in [0.25, 0.3) is 0 Å². The number of cyclic esters (lactones) is 1. The average Bonchev–Trinajstić information content (AvgIpc) is 2.63. The first kappa shape index (κ1) is 10.8. The molecule has 1 saturated heterocycles. The predicted molar refractivity (Wildman–Crippen MR) is 55.9 cm³/mol. The monoisotopic (exact) mass is 223 g/mol. The first-order valence-electron chi connectivity index (χ1n) is 5.03. The number of amides is 1. The number of nitrogens with zero attached hydrogens (tertiary/aromatic N) is 1. The summed E-state index contributed by atoms with van der Waals surface area (Å²) in [7, 11) is 0. The first-order chi connectivity index (χ1) is 7.72. The van der Waals surface area contributed by atoms with Crippen molar-refractivity contribution in [2.45, 2.75) is 12.6 Å². The molecule has 0 bridgehead atoms. The number of carbonyl (C=O) groups excluding carboxylic acids is 1. The van der Waals surface area contributed by atoms with Gasteiger partial charge >= 0.3 is 6.09 Å². The van der Waals surface area contributed by atoms with Crippen LogP contribution in [0.5, 0.6) is 5.75 Å². The molecule has 1 aromatic carbocycles. The summed E-state index contributed by atoms with van der Waals surface area (Å²) in [6, 6.07) is 6.46. The molecule has 5 nitrogen and oxygen atoms in total. The Morgan fingerprint density at radius 3 is 2.88 bits per heavy atom. The Kier molecular flexibility index (Phi) is 2.96. The lowest BCUT2D eigenvalue weighted by molar-refractivity contribution is 0.150. The number of para-hydroxylation sites is 1. The molecule has 1 aliphatic heterocycles. The van der Waals surface area contributed by atoms with Crippen LogP contribution in [-0.2, 0) is 11.3 Å². The summed E-state index contributed by atoms with van der Waals surface area (Å²) < 4.78 is 4.83. The van der Waals surface area contributed by atoms with E-state index in [0.29, 0.717) is 5.56 Å². The van der Waals surface area contributed by atoms with Gasteiger partial charge in [0.05, 0.1) is 19.2 Å². The van der Waals surface area contributed by atoms with Crippen molar-refractivity contribution in [2.24, 2.45) is 0 Å². The molecule has 2 rings (SSSR count). The Balaban J connectivity index is 2.14. The van der Waals surface area contributed by atoms with E-state index in [4.69, 9.17) is 9.84 Å². The van der Waals surface area contributed by atoms with Crippen LogP contribution < -0.4 is 0 Å². The second-order valence-electron chi connectivity index (χ2n) is 3.67. The summed E-state index contributed by atoms with van der Waals surface area (Å²) in [5.74, 6) is 0.138. The van der Waals surface area contributed by atoms with E-state index >= 15 is 0 Å². The molecule has 0 saturated carbocycles. The van der Waals surface area contributed by atoms with Crippen molar-refractivity contribution < 1.29 is 19.7 Å². The quantitative estimate of drug-likeness (QED) is 0.791. The molecule has 2 N–H and O–H groups in total. The van der Waals surface area contributed by atoms with E-state index in [0.717, 1.165) is 0 Å². The molecule has 86 valence electrons. The summed E-state index contributed by atoms with van der Waals surface area (Å²) >= 11 is 0. The summed E-state index contributed by atoms with van der Waals surface area (Å²) in [6.07, 6.45) is -0.456. The molecule has 1 aliphatic rings. The largest absolute Gasteiger partial charge is 0.508 e. The smallest absolute Gasteiger partial charge is 0.410 e. The van der Waals surface area contributed by atoms with Gasteiger partial charge in [-0.25, -0.2) is 4.79 Å². The Bertz CT molecular complexity index is 393. The number of hydrogen-bond acceptors (Lipinski definition) is 4. The van der Waals surface area contributed by atoms with E-state index in [1.807, 2.05) is 0 Å². The van der Waals surface area contributed by atoms with Crippen LogP contribution in [0.15, 0.2) is 24.3 Å². The zero-order valence-electron chi connectivity index (χ0n) is 8.67. The lowest BCUT2D eigenvalue weighted by atomic mass is 10.1. The van der Waals surface area contributed by atoms with Gasteiger partial charge in [-0.2, -0.15) is 0 Å². The molecule has 0 radical (unpaired) electrons. The van der Waals surface area contributed by atoms with Crippen molar-refractivity contribution in [2.75, 3.05) is 13.2 Å². The third-order valence-corrected chi connectivity index (χ3v) is 2.62. The molecule has 1 fully saturated rings. The molecule has 1 atom stereocenters. The van der Waals surface area contributed by atoms with Crippen molar-refractivity contribution in [3.05, 3.63) is 29.8 Å². The normalized spacial score (nSPS) is 19.9. The predicted octanol–water partition coefficient (Wildman–Crippen LogP) is 0.705. The Labute approximate surface area is 92.9 Å². The average molecular weight is 223 g/mol. The van der Waals surface area contributed by atoms with Gasteiger partial charge in [0.1, 0.15) is 12.4 Å². The minimum absolute atomic E-state index is 0.138. The van der Waals surface area contributed by atoms with Gasteiger partial charge in [0.2, 0.25) is 0 Å². The third kappa shape index (κ3) is 1.94. The fraction of sp³-hybridized carbons (Fsp3) is 0.364. The molecule has 1 heterocycles. The van der Waals surface area contributed by atoms with Gasteiger partial charge in [-0.05, 0) is 6.07 Å². The lowest BCUT2D eigenvalue weighted by Crippen LogP contribution is -2.35. The van der Waals surface area contributed by atoms with Crippen molar-refractivity contribution in [1.82, 2.24) is 4.90 Å². The van der Waals surface area contributed by atoms with Gasteiger partial charge < -0.3 is 14.9 Å². The highest BCUT2D eigenvalue weighted by Gasteiger charge is 2.32. The van der Waals surface area contributed by atoms with Crippen LogP contribution in [0.2, 0.25) is 0 Å². The number of rotatable bonds is 3. The van der Waals surface area contributed by atoms with Crippen molar-refractivity contribution in [3.63, 3.8) is 0 Å². The maximum absolute atomic E-state index is 11.4. The van der Waals surface area contributed by atoms with Crippen molar-refractivity contribution >= 4 is 6.09 Å². The van der Waals surface area contributed by atoms with Crippen LogP contribution >= 0.6 is 0 Å². The highest BCUT2D eigenvalue weighted by Crippen LogP contribution is 2.21. The molecular weight excluding hydrogens is 210 g/mol. The fourth-order valence-electron chi connectivity index (χ4n) is 1.66. The second-order valence-corrected chi connectivity index (χ2v) is 3.67. The van der Waals surface area contributed by atoms with Crippen molar-refractivity contribution in [3.8, 4) is 5.75 Å². The Morgan fingerprint density at radius 1 is 1.44 bits per heavy atom. The Morgan fingerprint density at radius 2 is 2.19 bits per heavy atom. The van der Waals surface area contributed by atoms with E-state index in [1.165, 1.54) is 4.90 Å². The van der Waals surface area contributed by atoms with Crippen LogP contribution in [0.3, 0.4) is 0 Å². The number of hydrogen-bond donors (Lipinski definition) is 2. The van der Waals surface area contributed by atoms with Crippen LogP contribution in [0, 0.1) is 0 Å². The molecular formula is C11H13NO4. The van der Waals surface area contributed by atoms with E-state index in [1.54, 1.807) is 24.3 Å². The maximum atomic E-state index is 11.4. The molecule has 0 aliphatic carbocycles. The van der Waals surface area contributed by atoms with Gasteiger partial charge in [-0.1, -0.05) is 18.2 Å². The van der Waals surface area contributed by atoms with Crippen LogP contribution in [0.25, 0.3) is 0 Å². The highest BCUT2D eigenvalue weighted by atomic mass is 16.6. The topological polar surface area (TPSA) is 70.0 Å². The van der Waals surface area contributed by atoms with Crippen LogP contribution in [0.4, 0.5) is 4.79 Å². The number of carbonyl (C=O) groups is 1. The summed E-state index contributed by atoms with van der Waals surface area (Å²) in [4.78, 5) is 12.8. The molecule has 1 aromatic rings. The van der Waals surface area contributed by atoms with E-state index in [-0.39, 0.29) is 31.5 Å².